The summed E-state index contributed by atoms with van der Waals surface area (Å²) in [6.07, 6.45) is -0.714. The molecule has 0 aliphatic carbocycles. The number of rotatable bonds is 1. The molecule has 2 N–H and O–H groups in total. The zero-order chi connectivity index (χ0) is 9.52. The third kappa shape index (κ3) is 1.31. The van der Waals surface area contributed by atoms with Crippen LogP contribution in [-0.4, -0.2) is 40.3 Å². The van der Waals surface area contributed by atoms with E-state index in [9.17, 15) is 18.0 Å². The van der Waals surface area contributed by atoms with E-state index < -0.39 is 33.6 Å². The highest BCUT2D eigenvalue weighted by molar-refractivity contribution is 7.87. The Labute approximate surface area is 67.3 Å². The zero-order valence-electron chi connectivity index (χ0n) is 5.67. The topological polar surface area (TPSA) is 112 Å². The Hall–Kier alpha value is -0.990. The molecular formula is C4H5NO6S. The van der Waals surface area contributed by atoms with Gasteiger partial charge in [0, 0.05) is 0 Å². The average molecular weight is 195 g/mol. The van der Waals surface area contributed by atoms with Crippen molar-refractivity contribution in [2.75, 3.05) is 0 Å². The molecule has 2 amide bonds. The van der Waals surface area contributed by atoms with Crippen LogP contribution < -0.4 is 0 Å². The summed E-state index contributed by atoms with van der Waals surface area (Å²) in [5.41, 5.74) is 0. The third-order valence-electron chi connectivity index (χ3n) is 1.44. The first-order chi connectivity index (χ1) is 5.34. The van der Waals surface area contributed by atoms with Gasteiger partial charge in [0.1, 0.15) is 0 Å². The molecule has 0 saturated carbocycles. The summed E-state index contributed by atoms with van der Waals surface area (Å²) in [4.78, 5) is 21.2. The summed E-state index contributed by atoms with van der Waals surface area (Å²) < 4.78 is 29.1. The first-order valence-corrected chi connectivity index (χ1v) is 4.36. The van der Waals surface area contributed by atoms with Crippen molar-refractivity contribution in [3.63, 3.8) is 0 Å². The molecule has 1 saturated heterocycles. The number of carbonyl (C=O) groups excluding carboxylic acids is 2. The van der Waals surface area contributed by atoms with E-state index >= 15 is 0 Å². The number of amides is 2. The van der Waals surface area contributed by atoms with Gasteiger partial charge >= 0.3 is 0 Å². The van der Waals surface area contributed by atoms with Gasteiger partial charge < -0.3 is 0 Å². The van der Waals surface area contributed by atoms with Crippen molar-refractivity contribution in [3.8, 4) is 0 Å². The fraction of sp³-hybridized carbons (Fsp3) is 0.500. The van der Waals surface area contributed by atoms with E-state index in [-0.39, 0.29) is 5.06 Å². The molecule has 0 aromatic carbocycles. The first kappa shape index (κ1) is 9.10. The number of carbonyl (C=O) groups is 2. The summed E-state index contributed by atoms with van der Waals surface area (Å²) >= 11 is 0. The summed E-state index contributed by atoms with van der Waals surface area (Å²) in [5, 5.41) is 6.40. The van der Waals surface area contributed by atoms with Crippen LogP contribution in [0.15, 0.2) is 0 Å². The Balaban J connectivity index is 3.01. The predicted octanol–water partition coefficient (Wildman–Crippen LogP) is -1.61. The largest absolute Gasteiger partial charge is 0.285 e. The molecule has 0 aromatic rings. The van der Waals surface area contributed by atoms with Crippen molar-refractivity contribution in [3.05, 3.63) is 0 Å². The van der Waals surface area contributed by atoms with Gasteiger partial charge in [-0.05, 0) is 0 Å². The molecule has 0 bridgehead atoms. The summed E-state index contributed by atoms with van der Waals surface area (Å²) in [6, 6.07) is 0. The molecule has 1 heterocycles. The predicted molar refractivity (Wildman–Crippen MR) is 33.6 cm³/mol. The molecule has 0 unspecified atom stereocenters. The third-order valence-corrected chi connectivity index (χ3v) is 2.53. The van der Waals surface area contributed by atoms with Gasteiger partial charge in [-0.3, -0.25) is 19.3 Å². The Morgan fingerprint density at radius 2 is 1.92 bits per heavy atom. The normalized spacial score (nSPS) is 25.2. The minimum Gasteiger partial charge on any atom is -0.285 e. The lowest BCUT2D eigenvalue weighted by Crippen LogP contribution is -2.32. The Bertz CT molecular complexity index is 331. The van der Waals surface area contributed by atoms with Gasteiger partial charge in [-0.2, -0.15) is 13.5 Å². The standard InChI is InChI=1S/C4H5NO6S/c6-3-1-2(12(9,10)11)4(7)5(3)8/h2,8H,1H2,(H,9,10,11)/t2-/m0/s1. The van der Waals surface area contributed by atoms with Gasteiger partial charge in [0.05, 0.1) is 6.42 Å². The molecule has 1 fully saturated rings. The van der Waals surface area contributed by atoms with Crippen molar-refractivity contribution < 1.29 is 27.8 Å². The second-order valence-corrected chi connectivity index (χ2v) is 3.85. The van der Waals surface area contributed by atoms with Crippen LogP contribution in [-0.2, 0) is 19.7 Å². The van der Waals surface area contributed by atoms with Crippen LogP contribution in [0.2, 0.25) is 0 Å². The fourth-order valence-corrected chi connectivity index (χ4v) is 1.53. The number of hydroxylamine groups is 2. The number of hydrogen-bond donors (Lipinski definition) is 2. The van der Waals surface area contributed by atoms with Gasteiger partial charge in [0.15, 0.2) is 5.25 Å². The molecule has 1 aliphatic rings. The van der Waals surface area contributed by atoms with Gasteiger partial charge in [-0.1, -0.05) is 0 Å². The van der Waals surface area contributed by atoms with Crippen molar-refractivity contribution >= 4 is 21.9 Å². The van der Waals surface area contributed by atoms with Crippen LogP contribution >= 0.6 is 0 Å². The minimum atomic E-state index is -4.59. The zero-order valence-corrected chi connectivity index (χ0v) is 6.48. The van der Waals surface area contributed by atoms with E-state index in [1.807, 2.05) is 0 Å². The van der Waals surface area contributed by atoms with Crippen LogP contribution in [0.3, 0.4) is 0 Å². The van der Waals surface area contributed by atoms with Gasteiger partial charge in [0.2, 0.25) is 0 Å². The lowest BCUT2D eigenvalue weighted by molar-refractivity contribution is -0.171. The minimum absolute atomic E-state index is 0.307. The number of imide groups is 1. The van der Waals surface area contributed by atoms with Crippen molar-refractivity contribution in [2.24, 2.45) is 0 Å². The molecule has 0 radical (unpaired) electrons. The monoisotopic (exact) mass is 195 g/mol. The molecule has 8 heteroatoms. The van der Waals surface area contributed by atoms with Crippen molar-refractivity contribution in [2.45, 2.75) is 11.7 Å². The van der Waals surface area contributed by atoms with Gasteiger partial charge in [-0.25, -0.2) is 0 Å². The molecule has 1 rings (SSSR count). The van der Waals surface area contributed by atoms with Crippen LogP contribution in [0.25, 0.3) is 0 Å². The van der Waals surface area contributed by atoms with Crippen molar-refractivity contribution in [1.29, 1.82) is 0 Å². The second kappa shape index (κ2) is 2.51. The average Bonchev–Trinajstić information content (AvgIpc) is 2.15. The van der Waals surface area contributed by atoms with Crippen LogP contribution in [0.5, 0.6) is 0 Å². The van der Waals surface area contributed by atoms with Gasteiger partial charge in [-0.15, -0.1) is 0 Å². The van der Waals surface area contributed by atoms with E-state index in [0.717, 1.165) is 0 Å². The van der Waals surface area contributed by atoms with E-state index in [4.69, 9.17) is 9.76 Å². The first-order valence-electron chi connectivity index (χ1n) is 2.86. The Morgan fingerprint density at radius 1 is 1.42 bits per heavy atom. The van der Waals surface area contributed by atoms with Crippen molar-refractivity contribution in [1.82, 2.24) is 5.06 Å². The quantitative estimate of drug-likeness (QED) is 0.296. The van der Waals surface area contributed by atoms with E-state index in [0.29, 0.717) is 0 Å². The van der Waals surface area contributed by atoms with Gasteiger partial charge in [0.25, 0.3) is 21.9 Å². The molecule has 68 valence electrons. The highest BCUT2D eigenvalue weighted by atomic mass is 32.2. The molecule has 12 heavy (non-hydrogen) atoms. The Kier molecular flexibility index (Phi) is 1.90. The number of nitrogens with zero attached hydrogens (tertiary/aromatic N) is 1. The molecule has 1 aliphatic heterocycles. The van der Waals surface area contributed by atoms with E-state index in [1.54, 1.807) is 0 Å². The maximum absolute atomic E-state index is 10.7. The highest BCUT2D eigenvalue weighted by Crippen LogP contribution is 2.16. The maximum Gasteiger partial charge on any atom is 0.277 e. The molecular weight excluding hydrogens is 190 g/mol. The number of hydrogen-bond acceptors (Lipinski definition) is 5. The second-order valence-electron chi connectivity index (χ2n) is 2.25. The summed E-state index contributed by atoms with van der Waals surface area (Å²) in [6.45, 7) is 0. The van der Waals surface area contributed by atoms with E-state index in [2.05, 4.69) is 0 Å². The van der Waals surface area contributed by atoms with E-state index in [1.165, 1.54) is 0 Å². The maximum atomic E-state index is 10.7. The summed E-state index contributed by atoms with van der Waals surface area (Å²) in [7, 11) is -4.59. The van der Waals surface area contributed by atoms with Crippen LogP contribution in [0.1, 0.15) is 6.42 Å². The smallest absolute Gasteiger partial charge is 0.277 e. The molecule has 7 nitrogen and oxygen atoms in total. The van der Waals surface area contributed by atoms with Crippen LogP contribution in [0.4, 0.5) is 0 Å². The molecule has 0 spiro atoms. The van der Waals surface area contributed by atoms with Crippen LogP contribution in [0, 0.1) is 0 Å². The SMILES string of the molecule is O=C1C[C@H](S(=O)(=O)O)C(=O)N1O. The lowest BCUT2D eigenvalue weighted by Gasteiger charge is -2.02. The Morgan fingerprint density at radius 3 is 2.08 bits per heavy atom. The molecule has 0 aromatic heterocycles. The highest BCUT2D eigenvalue weighted by Gasteiger charge is 2.45. The molecule has 1 atom stereocenters. The summed E-state index contributed by atoms with van der Waals surface area (Å²) in [5.74, 6) is -2.36. The fourth-order valence-electron chi connectivity index (χ4n) is 0.824. The lowest BCUT2D eigenvalue weighted by atomic mass is 10.4.